The van der Waals surface area contributed by atoms with E-state index in [9.17, 15) is 18.0 Å². The van der Waals surface area contributed by atoms with E-state index < -0.39 is 25.8 Å². The van der Waals surface area contributed by atoms with Gasteiger partial charge in [0.1, 0.15) is 0 Å². The van der Waals surface area contributed by atoms with Gasteiger partial charge in [-0.2, -0.15) is 0 Å². The summed E-state index contributed by atoms with van der Waals surface area (Å²) in [6, 6.07) is 1.84. The Morgan fingerprint density at radius 2 is 1.29 bits per heavy atom. The van der Waals surface area contributed by atoms with E-state index in [-0.39, 0.29) is 16.3 Å². The zero-order chi connectivity index (χ0) is 13.4. The molecule has 0 saturated carbocycles. The second kappa shape index (κ2) is 4.82. The van der Waals surface area contributed by atoms with Gasteiger partial charge >= 0.3 is 0 Å². The fraction of sp³-hybridized carbons (Fsp3) is 0.500. The Balaban J connectivity index is 3.40. The molecule has 0 spiro atoms. The van der Waals surface area contributed by atoms with E-state index in [0.717, 1.165) is 12.1 Å². The number of halogens is 3. The second-order valence-corrected chi connectivity index (χ2v) is 9.43. The van der Waals surface area contributed by atoms with Crippen molar-refractivity contribution in [3.63, 3.8) is 0 Å². The minimum absolute atomic E-state index is 0.105. The average Bonchev–Trinajstić information content (AvgIpc) is 2.23. The molecule has 0 atom stereocenters. The van der Waals surface area contributed by atoms with Crippen LogP contribution in [0.15, 0.2) is 12.1 Å². The van der Waals surface area contributed by atoms with Crippen LogP contribution in [0.2, 0.25) is 11.1 Å². The Labute approximate surface area is 100 Å². The molecule has 5 heteroatoms. The molecular weight excluding hydrogens is 245 g/mol. The van der Waals surface area contributed by atoms with Gasteiger partial charge in [-0.15, -0.1) is 0 Å². The Kier molecular flexibility index (Phi) is 4.04. The van der Waals surface area contributed by atoms with E-state index in [1.54, 1.807) is 0 Å². The van der Waals surface area contributed by atoms with Crippen molar-refractivity contribution < 1.29 is 18.0 Å². The Bertz CT molecular complexity index is 387. The topological polar surface area (TPSA) is 20.2 Å². The van der Waals surface area contributed by atoms with Crippen LogP contribution >= 0.6 is 0 Å². The molecule has 1 aromatic carbocycles. The Morgan fingerprint density at radius 3 is 1.59 bits per heavy atom. The minimum Gasteiger partial charge on any atom is -0.427 e. The monoisotopic (exact) mass is 262 g/mol. The molecule has 0 aliphatic carbocycles. The fourth-order valence-corrected chi connectivity index (χ4v) is 5.50. The van der Waals surface area contributed by atoms with Crippen LogP contribution in [0, 0.1) is 17.5 Å². The lowest BCUT2D eigenvalue weighted by Crippen LogP contribution is -2.53. The predicted octanol–water partition coefficient (Wildman–Crippen LogP) is 3.07. The molecule has 1 nitrogen and oxygen atoms in total. The average molecular weight is 262 g/mol. The molecule has 0 aromatic heterocycles. The van der Waals surface area contributed by atoms with Crippen LogP contribution in [-0.2, 0) is 0 Å². The molecule has 0 fully saturated rings. The van der Waals surface area contributed by atoms with Crippen LogP contribution in [0.25, 0.3) is 0 Å². The molecule has 0 bridgehead atoms. The third kappa shape index (κ3) is 2.40. The number of hydrogen-bond acceptors (Lipinski definition) is 1. The fourth-order valence-electron chi connectivity index (χ4n) is 2.12. The van der Waals surface area contributed by atoms with Crippen LogP contribution < -0.4 is 5.19 Å². The van der Waals surface area contributed by atoms with E-state index in [1.165, 1.54) is 0 Å². The van der Waals surface area contributed by atoms with Gasteiger partial charge in [0.15, 0.2) is 17.5 Å². The highest BCUT2D eigenvalue weighted by Crippen LogP contribution is 2.30. The normalized spacial score (nSPS) is 12.6. The number of rotatable bonds is 3. The first-order valence-electron chi connectivity index (χ1n) is 5.58. The SMILES string of the molecule is CC(C)[Si](O)(c1cc(F)c(F)c(F)c1)C(C)C. The molecule has 1 N–H and O–H groups in total. The van der Waals surface area contributed by atoms with Gasteiger partial charge in [0.2, 0.25) is 8.32 Å². The molecule has 0 unspecified atom stereocenters. The van der Waals surface area contributed by atoms with Crippen molar-refractivity contribution in [2.24, 2.45) is 0 Å². The summed E-state index contributed by atoms with van der Waals surface area (Å²) in [6.45, 7) is 7.24. The predicted molar refractivity (Wildman–Crippen MR) is 64.1 cm³/mol. The Hall–Kier alpha value is -0.813. The Morgan fingerprint density at radius 1 is 0.941 bits per heavy atom. The lowest BCUT2D eigenvalue weighted by atomic mass is 10.3. The quantitative estimate of drug-likeness (QED) is 0.655. The first kappa shape index (κ1) is 14.2. The van der Waals surface area contributed by atoms with Crippen LogP contribution in [-0.4, -0.2) is 13.1 Å². The van der Waals surface area contributed by atoms with Crippen LogP contribution in [0.4, 0.5) is 13.2 Å². The first-order chi connectivity index (χ1) is 7.71. The van der Waals surface area contributed by atoms with Gasteiger partial charge in [-0.25, -0.2) is 13.2 Å². The molecule has 1 aromatic rings. The van der Waals surface area contributed by atoms with E-state index >= 15 is 0 Å². The van der Waals surface area contributed by atoms with Crippen molar-refractivity contribution in [1.29, 1.82) is 0 Å². The molecular formula is C12H17F3OSi. The lowest BCUT2D eigenvalue weighted by Gasteiger charge is -2.33. The largest absolute Gasteiger partial charge is 0.427 e. The van der Waals surface area contributed by atoms with Gasteiger partial charge in [0, 0.05) is 0 Å². The number of benzene rings is 1. The van der Waals surface area contributed by atoms with E-state index in [2.05, 4.69) is 0 Å². The van der Waals surface area contributed by atoms with Gasteiger partial charge in [0.25, 0.3) is 0 Å². The standard InChI is InChI=1S/C12H17F3OSi/c1-7(2)17(16,8(3)4)9-5-10(13)12(15)11(14)6-9/h5-8,16H,1-4H3. The summed E-state index contributed by atoms with van der Waals surface area (Å²) in [7, 11) is -3.01. The summed E-state index contributed by atoms with van der Waals surface area (Å²) in [5.74, 6) is -3.97. The van der Waals surface area contributed by atoms with E-state index in [4.69, 9.17) is 0 Å². The highest BCUT2D eigenvalue weighted by molar-refractivity contribution is 6.87. The van der Waals surface area contributed by atoms with Gasteiger partial charge in [-0.05, 0) is 28.4 Å². The van der Waals surface area contributed by atoms with Crippen molar-refractivity contribution in [1.82, 2.24) is 0 Å². The molecule has 0 saturated heterocycles. The molecule has 96 valence electrons. The third-order valence-electron chi connectivity index (χ3n) is 3.21. The van der Waals surface area contributed by atoms with Crippen LogP contribution in [0.5, 0.6) is 0 Å². The molecule has 0 aliphatic rings. The van der Waals surface area contributed by atoms with Crippen molar-refractivity contribution in [3.8, 4) is 0 Å². The summed E-state index contributed by atoms with van der Waals surface area (Å²) >= 11 is 0. The molecule has 1 rings (SSSR count). The highest BCUT2D eigenvalue weighted by atomic mass is 28.4. The molecule has 0 radical (unpaired) electrons. The summed E-state index contributed by atoms with van der Waals surface area (Å²) in [4.78, 5) is 10.7. The van der Waals surface area contributed by atoms with Crippen molar-refractivity contribution >= 4 is 13.5 Å². The summed E-state index contributed by atoms with van der Waals surface area (Å²) < 4.78 is 39.3. The second-order valence-electron chi connectivity index (χ2n) is 4.89. The maximum Gasteiger partial charge on any atom is 0.225 e. The van der Waals surface area contributed by atoms with Crippen LogP contribution in [0.1, 0.15) is 27.7 Å². The van der Waals surface area contributed by atoms with Crippen LogP contribution in [0.3, 0.4) is 0 Å². The summed E-state index contributed by atoms with van der Waals surface area (Å²) in [5, 5.41) is 0.207. The molecule has 0 aliphatic heterocycles. The van der Waals surface area contributed by atoms with Crippen molar-refractivity contribution in [2.45, 2.75) is 38.8 Å². The molecule has 0 heterocycles. The van der Waals surface area contributed by atoms with E-state index in [0.29, 0.717) is 0 Å². The van der Waals surface area contributed by atoms with Gasteiger partial charge < -0.3 is 4.80 Å². The van der Waals surface area contributed by atoms with Gasteiger partial charge in [0.05, 0.1) is 0 Å². The summed E-state index contributed by atoms with van der Waals surface area (Å²) in [5.41, 5.74) is -0.210. The molecule has 0 amide bonds. The highest BCUT2D eigenvalue weighted by Gasteiger charge is 2.41. The summed E-state index contributed by atoms with van der Waals surface area (Å²) in [6.07, 6.45) is 0. The number of hydrogen-bond donors (Lipinski definition) is 1. The zero-order valence-electron chi connectivity index (χ0n) is 10.4. The maximum atomic E-state index is 13.2. The first-order valence-corrected chi connectivity index (χ1v) is 7.68. The van der Waals surface area contributed by atoms with Gasteiger partial charge in [-0.3, -0.25) is 0 Å². The van der Waals surface area contributed by atoms with E-state index in [1.807, 2.05) is 27.7 Å². The smallest absolute Gasteiger partial charge is 0.225 e. The maximum absolute atomic E-state index is 13.2. The minimum atomic E-state index is -3.01. The van der Waals surface area contributed by atoms with Crippen molar-refractivity contribution in [2.75, 3.05) is 0 Å². The molecule has 17 heavy (non-hydrogen) atoms. The van der Waals surface area contributed by atoms with Gasteiger partial charge in [-0.1, -0.05) is 27.7 Å². The zero-order valence-corrected chi connectivity index (χ0v) is 11.4. The lowest BCUT2D eigenvalue weighted by molar-refractivity contribution is 0.446. The third-order valence-corrected chi connectivity index (χ3v) is 7.94. The van der Waals surface area contributed by atoms with Crippen molar-refractivity contribution in [3.05, 3.63) is 29.6 Å².